The first-order valence-corrected chi connectivity index (χ1v) is 6.98. The molecule has 0 atom stereocenters. The van der Waals surface area contributed by atoms with Crippen LogP contribution in [0.15, 0.2) is 22.7 Å². The van der Waals surface area contributed by atoms with Gasteiger partial charge in [-0.3, -0.25) is 4.90 Å². The maximum atomic E-state index is 13.8. The van der Waals surface area contributed by atoms with E-state index in [1.807, 2.05) is 19.1 Å². The normalized spacial score (nSPS) is 15.5. The standard InChI is InChI=1S/C13H14BrFN4/c1-9-16-17-13-8-18(4-5-19(9)13)7-10-2-3-11(14)6-12(10)15/h2-3,6H,4-5,7-8H2,1H3. The molecule has 3 rings (SSSR count). The second-order valence-electron chi connectivity index (χ2n) is 4.76. The quantitative estimate of drug-likeness (QED) is 0.851. The Morgan fingerprint density at radius 1 is 1.32 bits per heavy atom. The monoisotopic (exact) mass is 324 g/mol. The van der Waals surface area contributed by atoms with Crippen molar-refractivity contribution in [1.82, 2.24) is 19.7 Å². The van der Waals surface area contributed by atoms with Gasteiger partial charge in [0, 0.05) is 29.7 Å². The highest BCUT2D eigenvalue weighted by molar-refractivity contribution is 9.10. The van der Waals surface area contributed by atoms with Crippen LogP contribution in [-0.4, -0.2) is 26.2 Å². The topological polar surface area (TPSA) is 34.0 Å². The molecule has 1 aromatic heterocycles. The van der Waals surface area contributed by atoms with E-state index in [9.17, 15) is 4.39 Å². The number of hydrogen-bond donors (Lipinski definition) is 0. The van der Waals surface area contributed by atoms with Crippen molar-refractivity contribution in [2.24, 2.45) is 0 Å². The van der Waals surface area contributed by atoms with Gasteiger partial charge >= 0.3 is 0 Å². The summed E-state index contributed by atoms with van der Waals surface area (Å²) < 4.78 is 16.7. The van der Waals surface area contributed by atoms with Gasteiger partial charge in [0.2, 0.25) is 0 Å². The van der Waals surface area contributed by atoms with Crippen molar-refractivity contribution in [2.75, 3.05) is 6.54 Å². The van der Waals surface area contributed by atoms with Crippen LogP contribution in [0.1, 0.15) is 17.2 Å². The van der Waals surface area contributed by atoms with E-state index >= 15 is 0 Å². The zero-order valence-electron chi connectivity index (χ0n) is 10.6. The Kier molecular flexibility index (Phi) is 3.36. The lowest BCUT2D eigenvalue weighted by Crippen LogP contribution is -2.33. The first-order chi connectivity index (χ1) is 9.13. The van der Waals surface area contributed by atoms with E-state index in [1.54, 1.807) is 0 Å². The second kappa shape index (κ2) is 5.02. The van der Waals surface area contributed by atoms with Gasteiger partial charge in [0.25, 0.3) is 0 Å². The lowest BCUT2D eigenvalue weighted by atomic mass is 10.2. The van der Waals surface area contributed by atoms with Crippen LogP contribution >= 0.6 is 15.9 Å². The third-order valence-corrected chi connectivity index (χ3v) is 3.92. The Labute approximate surface area is 119 Å². The fourth-order valence-electron chi connectivity index (χ4n) is 2.38. The van der Waals surface area contributed by atoms with Gasteiger partial charge in [-0.1, -0.05) is 22.0 Å². The van der Waals surface area contributed by atoms with Gasteiger partial charge in [-0.05, 0) is 19.1 Å². The molecule has 0 saturated heterocycles. The molecule has 1 aromatic carbocycles. The zero-order chi connectivity index (χ0) is 13.4. The smallest absolute Gasteiger partial charge is 0.147 e. The van der Waals surface area contributed by atoms with E-state index in [2.05, 4.69) is 35.6 Å². The van der Waals surface area contributed by atoms with E-state index in [0.29, 0.717) is 12.1 Å². The van der Waals surface area contributed by atoms with Crippen LogP contribution < -0.4 is 0 Å². The maximum Gasteiger partial charge on any atom is 0.147 e. The zero-order valence-corrected chi connectivity index (χ0v) is 12.2. The molecular weight excluding hydrogens is 311 g/mol. The van der Waals surface area contributed by atoms with Crippen LogP contribution in [-0.2, 0) is 19.6 Å². The van der Waals surface area contributed by atoms with Crippen LogP contribution in [0.4, 0.5) is 4.39 Å². The van der Waals surface area contributed by atoms with Crippen molar-refractivity contribution in [1.29, 1.82) is 0 Å². The predicted molar refractivity (Wildman–Crippen MR) is 73.0 cm³/mol. The number of aromatic nitrogens is 3. The highest BCUT2D eigenvalue weighted by Crippen LogP contribution is 2.19. The predicted octanol–water partition coefficient (Wildman–Crippen LogP) is 2.50. The highest BCUT2D eigenvalue weighted by atomic mass is 79.9. The third kappa shape index (κ3) is 2.55. The molecule has 4 nitrogen and oxygen atoms in total. The Morgan fingerprint density at radius 2 is 2.16 bits per heavy atom. The molecule has 0 radical (unpaired) electrons. The van der Waals surface area contributed by atoms with Crippen LogP contribution in [0.3, 0.4) is 0 Å². The largest absolute Gasteiger partial charge is 0.313 e. The van der Waals surface area contributed by atoms with E-state index < -0.39 is 0 Å². The molecule has 100 valence electrons. The molecule has 0 fully saturated rings. The van der Waals surface area contributed by atoms with Crippen molar-refractivity contribution < 1.29 is 4.39 Å². The SMILES string of the molecule is Cc1nnc2n1CCN(Cc1ccc(Br)cc1F)C2. The number of aryl methyl sites for hydroxylation is 1. The Morgan fingerprint density at radius 3 is 2.95 bits per heavy atom. The number of fused-ring (bicyclic) bond motifs is 1. The summed E-state index contributed by atoms with van der Waals surface area (Å²) in [5.41, 5.74) is 0.716. The van der Waals surface area contributed by atoms with E-state index in [1.165, 1.54) is 6.07 Å². The molecule has 0 aliphatic carbocycles. The molecule has 1 aliphatic heterocycles. The summed E-state index contributed by atoms with van der Waals surface area (Å²) in [5, 5.41) is 8.23. The minimum atomic E-state index is -0.169. The number of halogens is 2. The van der Waals surface area contributed by atoms with E-state index in [4.69, 9.17) is 0 Å². The molecule has 6 heteroatoms. The van der Waals surface area contributed by atoms with Gasteiger partial charge < -0.3 is 4.57 Å². The van der Waals surface area contributed by atoms with Crippen molar-refractivity contribution in [3.8, 4) is 0 Å². The first kappa shape index (κ1) is 12.7. The molecule has 19 heavy (non-hydrogen) atoms. The van der Waals surface area contributed by atoms with E-state index in [0.717, 1.165) is 35.8 Å². The molecule has 1 aliphatic rings. The Bertz CT molecular complexity index is 611. The summed E-state index contributed by atoms with van der Waals surface area (Å²) in [6.07, 6.45) is 0. The van der Waals surface area contributed by atoms with Crippen LogP contribution in [0.2, 0.25) is 0 Å². The lowest BCUT2D eigenvalue weighted by molar-refractivity contribution is 0.205. The summed E-state index contributed by atoms with van der Waals surface area (Å²) in [6.45, 7) is 5.04. The lowest BCUT2D eigenvalue weighted by Gasteiger charge is -2.27. The van der Waals surface area contributed by atoms with Crippen LogP contribution in [0.25, 0.3) is 0 Å². The summed E-state index contributed by atoms with van der Waals surface area (Å²) in [6, 6.07) is 5.20. The fourth-order valence-corrected chi connectivity index (χ4v) is 2.71. The first-order valence-electron chi connectivity index (χ1n) is 6.18. The van der Waals surface area contributed by atoms with Crippen LogP contribution in [0.5, 0.6) is 0 Å². The minimum Gasteiger partial charge on any atom is -0.313 e. The van der Waals surface area contributed by atoms with Crippen molar-refractivity contribution in [3.63, 3.8) is 0 Å². The number of rotatable bonds is 2. The van der Waals surface area contributed by atoms with Gasteiger partial charge in [-0.2, -0.15) is 0 Å². The number of nitrogens with zero attached hydrogens (tertiary/aromatic N) is 4. The average molecular weight is 325 g/mol. The van der Waals surface area contributed by atoms with Gasteiger partial charge in [0.05, 0.1) is 6.54 Å². The van der Waals surface area contributed by atoms with Crippen molar-refractivity contribution >= 4 is 15.9 Å². The second-order valence-corrected chi connectivity index (χ2v) is 5.68. The third-order valence-electron chi connectivity index (χ3n) is 3.43. The molecule has 0 spiro atoms. The van der Waals surface area contributed by atoms with Gasteiger partial charge in [0.15, 0.2) is 0 Å². The maximum absolute atomic E-state index is 13.8. The summed E-state index contributed by atoms with van der Waals surface area (Å²) >= 11 is 3.27. The molecular formula is C13H14BrFN4. The van der Waals surface area contributed by atoms with E-state index in [-0.39, 0.29) is 5.82 Å². The summed E-state index contributed by atoms with van der Waals surface area (Å²) in [5.74, 6) is 1.74. The fraction of sp³-hybridized carbons (Fsp3) is 0.385. The average Bonchev–Trinajstić information content (AvgIpc) is 2.74. The van der Waals surface area contributed by atoms with Crippen molar-refractivity contribution in [3.05, 3.63) is 45.7 Å². The number of hydrogen-bond acceptors (Lipinski definition) is 3. The minimum absolute atomic E-state index is 0.169. The Balaban J connectivity index is 1.75. The number of benzene rings is 1. The van der Waals surface area contributed by atoms with Gasteiger partial charge in [0.1, 0.15) is 17.5 Å². The summed E-state index contributed by atoms with van der Waals surface area (Å²) in [7, 11) is 0. The molecule has 2 aromatic rings. The molecule has 0 N–H and O–H groups in total. The molecule has 0 saturated carbocycles. The summed E-state index contributed by atoms with van der Waals surface area (Å²) in [4.78, 5) is 2.19. The van der Waals surface area contributed by atoms with Gasteiger partial charge in [-0.15, -0.1) is 10.2 Å². The van der Waals surface area contributed by atoms with Crippen LogP contribution in [0, 0.1) is 12.7 Å². The van der Waals surface area contributed by atoms with Crippen molar-refractivity contribution in [2.45, 2.75) is 26.6 Å². The molecule has 0 bridgehead atoms. The Hall–Kier alpha value is -1.27. The highest BCUT2D eigenvalue weighted by Gasteiger charge is 2.20. The molecule has 2 heterocycles. The van der Waals surface area contributed by atoms with Gasteiger partial charge in [-0.25, -0.2) is 4.39 Å². The molecule has 0 amide bonds. The molecule has 0 unspecified atom stereocenters.